The molecule has 0 bridgehead atoms. The predicted octanol–water partition coefficient (Wildman–Crippen LogP) is 0.562. The standard InChI is InChI=1S/C3H5O2PS2/c1-2-3-8-6(4,5)7/h1H,3H2,(H2,4,5,7). The zero-order valence-electron chi connectivity index (χ0n) is 3.94. The highest BCUT2D eigenvalue weighted by atomic mass is 32.9. The lowest BCUT2D eigenvalue weighted by atomic mass is 10.8. The van der Waals surface area contributed by atoms with Crippen LogP contribution in [0.4, 0.5) is 0 Å². The molecule has 0 saturated heterocycles. The highest BCUT2D eigenvalue weighted by molar-refractivity contribution is 8.67. The molecule has 8 heavy (non-hydrogen) atoms. The summed E-state index contributed by atoms with van der Waals surface area (Å²) in [6.45, 7) is 0. The van der Waals surface area contributed by atoms with Gasteiger partial charge < -0.3 is 9.79 Å². The van der Waals surface area contributed by atoms with Crippen molar-refractivity contribution in [2.45, 2.75) is 0 Å². The Morgan fingerprint density at radius 1 is 1.75 bits per heavy atom. The Hall–Kier alpha value is 0.480. The summed E-state index contributed by atoms with van der Waals surface area (Å²) in [5.74, 6) is 2.50. The molecule has 0 spiro atoms. The van der Waals surface area contributed by atoms with Crippen molar-refractivity contribution in [3.8, 4) is 12.3 Å². The molecule has 0 amide bonds. The van der Waals surface area contributed by atoms with Crippen LogP contribution in [0.25, 0.3) is 0 Å². The Labute approximate surface area is 57.2 Å². The van der Waals surface area contributed by atoms with Gasteiger partial charge in [0.05, 0.1) is 5.75 Å². The van der Waals surface area contributed by atoms with Gasteiger partial charge in [-0.05, 0) is 11.8 Å². The van der Waals surface area contributed by atoms with Gasteiger partial charge in [0, 0.05) is 0 Å². The van der Waals surface area contributed by atoms with E-state index in [2.05, 4.69) is 17.7 Å². The average Bonchev–Trinajstić information content (AvgIpc) is 1.59. The molecular weight excluding hydrogens is 163 g/mol. The second-order valence-corrected chi connectivity index (χ2v) is 7.02. The van der Waals surface area contributed by atoms with E-state index < -0.39 is 5.69 Å². The van der Waals surface area contributed by atoms with Gasteiger partial charge in [-0.1, -0.05) is 17.3 Å². The molecule has 0 rings (SSSR count). The molecule has 0 aromatic carbocycles. The van der Waals surface area contributed by atoms with Crippen molar-refractivity contribution in [2.75, 3.05) is 5.75 Å². The van der Waals surface area contributed by atoms with Crippen molar-refractivity contribution in [1.82, 2.24) is 0 Å². The van der Waals surface area contributed by atoms with E-state index in [1.165, 1.54) is 0 Å². The largest absolute Gasteiger partial charge is 0.338 e. The van der Waals surface area contributed by atoms with E-state index in [1.807, 2.05) is 0 Å². The molecule has 0 heterocycles. The summed E-state index contributed by atoms with van der Waals surface area (Å²) in [5, 5.41) is 0. The van der Waals surface area contributed by atoms with Crippen LogP contribution < -0.4 is 0 Å². The van der Waals surface area contributed by atoms with Crippen LogP contribution in [-0.4, -0.2) is 15.5 Å². The third-order valence-electron chi connectivity index (χ3n) is 0.316. The number of hydrogen-bond donors (Lipinski definition) is 2. The Kier molecular flexibility index (Phi) is 3.70. The molecule has 5 heteroatoms. The van der Waals surface area contributed by atoms with Gasteiger partial charge in [0.1, 0.15) is 0 Å². The number of terminal acetylenes is 1. The lowest BCUT2D eigenvalue weighted by Crippen LogP contribution is -1.70. The lowest BCUT2D eigenvalue weighted by molar-refractivity contribution is 0.502. The topological polar surface area (TPSA) is 40.5 Å². The molecular formula is C3H5O2PS2. The molecule has 0 saturated carbocycles. The lowest BCUT2D eigenvalue weighted by Gasteiger charge is -2.00. The van der Waals surface area contributed by atoms with Gasteiger partial charge in [-0.2, -0.15) is 0 Å². The van der Waals surface area contributed by atoms with Gasteiger partial charge in [0.2, 0.25) is 5.69 Å². The molecule has 0 aromatic heterocycles. The first-order chi connectivity index (χ1) is 3.56. The fourth-order valence-corrected chi connectivity index (χ4v) is 1.57. The summed E-state index contributed by atoms with van der Waals surface area (Å²) in [4.78, 5) is 17.0. The highest BCUT2D eigenvalue weighted by Gasteiger charge is 2.04. The molecule has 2 nitrogen and oxygen atoms in total. The minimum Gasteiger partial charge on any atom is -0.338 e. The summed E-state index contributed by atoms with van der Waals surface area (Å²) < 4.78 is 0. The van der Waals surface area contributed by atoms with Gasteiger partial charge in [-0.3, -0.25) is 0 Å². The van der Waals surface area contributed by atoms with E-state index in [4.69, 9.17) is 16.2 Å². The van der Waals surface area contributed by atoms with Crippen molar-refractivity contribution in [1.29, 1.82) is 0 Å². The smallest absolute Gasteiger partial charge is 0.243 e. The minimum atomic E-state index is -3.07. The maximum absolute atomic E-state index is 8.50. The maximum atomic E-state index is 8.50. The molecule has 46 valence electrons. The van der Waals surface area contributed by atoms with E-state index in [9.17, 15) is 0 Å². The fourth-order valence-electron chi connectivity index (χ4n) is 0.121. The first kappa shape index (κ1) is 8.48. The summed E-state index contributed by atoms with van der Waals surface area (Å²) in [7, 11) is 0. The summed E-state index contributed by atoms with van der Waals surface area (Å²) in [5.41, 5.74) is -3.07. The predicted molar refractivity (Wildman–Crippen MR) is 40.0 cm³/mol. The molecule has 0 fully saturated rings. The summed E-state index contributed by atoms with van der Waals surface area (Å²) in [6, 6.07) is 0. The van der Waals surface area contributed by atoms with E-state index >= 15 is 0 Å². The molecule has 0 aromatic rings. The van der Waals surface area contributed by atoms with Crippen molar-refractivity contribution >= 4 is 28.9 Å². The molecule has 0 radical (unpaired) electrons. The van der Waals surface area contributed by atoms with E-state index in [0.29, 0.717) is 0 Å². The first-order valence-corrected chi connectivity index (χ1v) is 5.99. The summed E-state index contributed by atoms with van der Waals surface area (Å²) in [6.07, 6.45) is 4.81. The van der Waals surface area contributed by atoms with E-state index in [-0.39, 0.29) is 5.75 Å². The highest BCUT2D eigenvalue weighted by Crippen LogP contribution is 2.49. The normalized spacial score (nSPS) is 10.6. The molecule has 2 N–H and O–H groups in total. The van der Waals surface area contributed by atoms with Crippen molar-refractivity contribution in [3.63, 3.8) is 0 Å². The van der Waals surface area contributed by atoms with Crippen LogP contribution in [0.3, 0.4) is 0 Å². The van der Waals surface area contributed by atoms with E-state index in [0.717, 1.165) is 11.4 Å². The Balaban J connectivity index is 3.45. The van der Waals surface area contributed by atoms with Crippen LogP contribution in [0, 0.1) is 12.3 Å². The van der Waals surface area contributed by atoms with Gasteiger partial charge in [0.15, 0.2) is 0 Å². The zero-order chi connectivity index (χ0) is 6.62. The Morgan fingerprint density at radius 2 is 2.25 bits per heavy atom. The monoisotopic (exact) mass is 168 g/mol. The second-order valence-electron chi connectivity index (χ2n) is 0.968. The van der Waals surface area contributed by atoms with Crippen LogP contribution in [0.15, 0.2) is 0 Å². The number of hydrogen-bond acceptors (Lipinski definition) is 2. The molecule has 0 aliphatic heterocycles. The van der Waals surface area contributed by atoms with Crippen LogP contribution in [0.1, 0.15) is 0 Å². The first-order valence-electron chi connectivity index (χ1n) is 1.70. The van der Waals surface area contributed by atoms with Crippen LogP contribution in [0.2, 0.25) is 0 Å². The van der Waals surface area contributed by atoms with Crippen molar-refractivity contribution in [2.24, 2.45) is 0 Å². The van der Waals surface area contributed by atoms with Gasteiger partial charge in [0.25, 0.3) is 0 Å². The third-order valence-corrected chi connectivity index (χ3v) is 3.29. The van der Waals surface area contributed by atoms with Crippen molar-refractivity contribution in [3.05, 3.63) is 0 Å². The maximum Gasteiger partial charge on any atom is 0.243 e. The van der Waals surface area contributed by atoms with Crippen LogP contribution in [0.5, 0.6) is 0 Å². The summed E-state index contributed by atoms with van der Waals surface area (Å²) >= 11 is 5.07. The molecule has 0 aliphatic rings. The number of rotatable bonds is 2. The second kappa shape index (κ2) is 3.49. The Morgan fingerprint density at radius 3 is 2.38 bits per heavy atom. The average molecular weight is 168 g/mol. The van der Waals surface area contributed by atoms with Crippen LogP contribution in [-0.2, 0) is 11.8 Å². The zero-order valence-corrected chi connectivity index (χ0v) is 6.47. The molecule has 0 atom stereocenters. The minimum absolute atomic E-state index is 0.268. The Bertz CT molecular complexity index is 144. The fraction of sp³-hybridized carbons (Fsp3) is 0.333. The quantitative estimate of drug-likeness (QED) is 0.467. The van der Waals surface area contributed by atoms with Gasteiger partial charge >= 0.3 is 0 Å². The molecule has 0 unspecified atom stereocenters. The van der Waals surface area contributed by atoms with E-state index in [1.54, 1.807) is 0 Å². The molecule has 0 aliphatic carbocycles. The van der Waals surface area contributed by atoms with Gasteiger partial charge in [-0.15, -0.1) is 6.42 Å². The third kappa shape index (κ3) is 6.48. The SMILES string of the molecule is C#CCSP(O)(O)=S. The van der Waals surface area contributed by atoms with Crippen LogP contribution >= 0.6 is 17.1 Å². The van der Waals surface area contributed by atoms with Crippen molar-refractivity contribution < 1.29 is 9.79 Å². The van der Waals surface area contributed by atoms with Gasteiger partial charge in [-0.25, -0.2) is 0 Å².